The summed E-state index contributed by atoms with van der Waals surface area (Å²) in [5, 5.41) is 8.16. The third-order valence-corrected chi connectivity index (χ3v) is 5.42. The molecule has 3 N–H and O–H groups in total. The first kappa shape index (κ1) is 22.0. The van der Waals surface area contributed by atoms with E-state index in [2.05, 4.69) is 21.3 Å². The number of amides is 2. The van der Waals surface area contributed by atoms with Gasteiger partial charge in [0.1, 0.15) is 0 Å². The van der Waals surface area contributed by atoms with E-state index < -0.39 is 5.91 Å². The maximum Gasteiger partial charge on any atom is 0.270 e. The lowest BCUT2D eigenvalue weighted by atomic mass is 10.1. The van der Waals surface area contributed by atoms with Crippen molar-refractivity contribution < 1.29 is 9.59 Å². The fourth-order valence-electron chi connectivity index (χ4n) is 3.81. The van der Waals surface area contributed by atoms with Gasteiger partial charge in [0, 0.05) is 18.3 Å². The van der Waals surface area contributed by atoms with Gasteiger partial charge in [-0.05, 0) is 38.5 Å². The molecule has 168 valence electrons. The first-order valence-electron chi connectivity index (χ1n) is 10.6. The highest BCUT2D eigenvalue weighted by molar-refractivity contribution is 6.08. The number of anilines is 1. The number of aromatic nitrogens is 3. The Morgan fingerprint density at radius 1 is 0.970 bits per heavy atom. The minimum Gasteiger partial charge on any atom is -0.376 e. The molecular weight excluding hydrogens is 416 g/mol. The van der Waals surface area contributed by atoms with Gasteiger partial charge >= 0.3 is 0 Å². The number of carbonyl (C=O) groups is 2. The summed E-state index contributed by atoms with van der Waals surface area (Å²) in [6.07, 6.45) is 0. The van der Waals surface area contributed by atoms with E-state index in [4.69, 9.17) is 4.98 Å². The van der Waals surface area contributed by atoms with Crippen molar-refractivity contribution in [2.45, 2.75) is 20.8 Å². The molecule has 8 nitrogen and oxygen atoms in total. The summed E-state index contributed by atoms with van der Waals surface area (Å²) in [7, 11) is 1.79. The number of aryl methyl sites for hydroxylation is 4. The predicted octanol–water partition coefficient (Wildman–Crippen LogP) is 3.43. The molecule has 0 spiro atoms. The molecule has 0 aliphatic rings. The van der Waals surface area contributed by atoms with Crippen LogP contribution in [0.25, 0.3) is 22.3 Å². The number of nitrogens with one attached hydrogen (secondary N) is 3. The average Bonchev–Trinajstić information content (AvgIpc) is 3.10. The number of fused-ring (bicyclic) bond motifs is 1. The summed E-state index contributed by atoms with van der Waals surface area (Å²) in [4.78, 5) is 30.1. The van der Waals surface area contributed by atoms with Crippen molar-refractivity contribution in [3.8, 4) is 11.3 Å². The highest BCUT2D eigenvalue weighted by Gasteiger charge is 2.19. The van der Waals surface area contributed by atoms with Crippen LogP contribution in [0.15, 0.2) is 54.6 Å². The average molecular weight is 443 g/mol. The minimum atomic E-state index is -0.435. The summed E-state index contributed by atoms with van der Waals surface area (Å²) in [5.41, 5.74) is 11.3. The molecule has 4 rings (SSSR count). The van der Waals surface area contributed by atoms with E-state index >= 15 is 0 Å². The van der Waals surface area contributed by atoms with Crippen molar-refractivity contribution in [3.05, 3.63) is 77.0 Å². The van der Waals surface area contributed by atoms with Gasteiger partial charge in [0.05, 0.1) is 28.9 Å². The normalized spacial score (nSPS) is 10.8. The molecule has 0 radical (unpaired) electrons. The zero-order chi connectivity index (χ0) is 23.5. The number of nitrogens with zero attached hydrogens (tertiary/aromatic N) is 3. The van der Waals surface area contributed by atoms with Gasteiger partial charge in [-0.15, -0.1) is 0 Å². The zero-order valence-corrected chi connectivity index (χ0v) is 19.1. The zero-order valence-electron chi connectivity index (χ0n) is 19.1. The van der Waals surface area contributed by atoms with Gasteiger partial charge in [-0.3, -0.25) is 25.1 Å². The molecule has 0 aliphatic heterocycles. The number of hydrogen-bond donors (Lipinski definition) is 3. The van der Waals surface area contributed by atoms with Crippen LogP contribution >= 0.6 is 0 Å². The van der Waals surface area contributed by atoms with Crippen molar-refractivity contribution in [1.29, 1.82) is 0 Å². The quantitative estimate of drug-likeness (QED) is 0.411. The molecule has 2 aromatic carbocycles. The molecule has 2 heterocycles. The van der Waals surface area contributed by atoms with E-state index in [0.29, 0.717) is 28.0 Å². The molecule has 0 fully saturated rings. The van der Waals surface area contributed by atoms with Crippen LogP contribution in [0.2, 0.25) is 0 Å². The Labute approximate surface area is 192 Å². The van der Waals surface area contributed by atoms with Crippen LogP contribution in [0.3, 0.4) is 0 Å². The van der Waals surface area contributed by atoms with E-state index in [1.807, 2.05) is 69.3 Å². The van der Waals surface area contributed by atoms with Gasteiger partial charge < -0.3 is 5.32 Å². The molecule has 0 unspecified atom stereocenters. The summed E-state index contributed by atoms with van der Waals surface area (Å²) in [6, 6.07) is 17.3. The van der Waals surface area contributed by atoms with Crippen LogP contribution in [0.5, 0.6) is 0 Å². The summed E-state index contributed by atoms with van der Waals surface area (Å²) in [5.74, 6) is -0.796. The number of pyridine rings is 1. The summed E-state index contributed by atoms with van der Waals surface area (Å²) < 4.78 is 1.65. The molecule has 33 heavy (non-hydrogen) atoms. The lowest BCUT2D eigenvalue weighted by molar-refractivity contribution is -0.120. The molecular formula is C25H26N6O2. The van der Waals surface area contributed by atoms with Crippen LogP contribution in [0.1, 0.15) is 27.2 Å². The van der Waals surface area contributed by atoms with Crippen LogP contribution in [0.4, 0.5) is 5.69 Å². The topological polar surface area (TPSA) is 101 Å². The van der Waals surface area contributed by atoms with E-state index in [1.165, 1.54) is 0 Å². The largest absolute Gasteiger partial charge is 0.376 e. The fraction of sp³-hybridized carbons (Fsp3) is 0.200. The first-order chi connectivity index (χ1) is 15.8. The number of rotatable bonds is 5. The van der Waals surface area contributed by atoms with Gasteiger partial charge in [0.2, 0.25) is 0 Å². The monoisotopic (exact) mass is 442 g/mol. The standard InChI is InChI=1S/C25H26N6O2/c1-15-10-11-20(16(2)12-15)26-14-22(32)28-29-25(33)19-13-21(18-8-6-5-7-9-18)27-24-23(19)17(3)30-31(24)4/h5-13,26H,14H2,1-4H3,(H,28,32)(H,29,33). The van der Waals surface area contributed by atoms with Crippen LogP contribution < -0.4 is 16.2 Å². The Morgan fingerprint density at radius 2 is 1.73 bits per heavy atom. The third kappa shape index (κ3) is 4.69. The van der Waals surface area contributed by atoms with Gasteiger partial charge in [0.15, 0.2) is 5.65 Å². The maximum atomic E-state index is 13.1. The van der Waals surface area contributed by atoms with Crippen molar-refractivity contribution in [1.82, 2.24) is 25.6 Å². The highest BCUT2D eigenvalue weighted by Crippen LogP contribution is 2.26. The molecule has 0 bridgehead atoms. The smallest absolute Gasteiger partial charge is 0.270 e. The van der Waals surface area contributed by atoms with Crippen molar-refractivity contribution in [2.24, 2.45) is 7.05 Å². The number of hydrogen-bond acceptors (Lipinski definition) is 5. The summed E-state index contributed by atoms with van der Waals surface area (Å²) in [6.45, 7) is 5.85. The van der Waals surface area contributed by atoms with E-state index in [1.54, 1.807) is 17.8 Å². The van der Waals surface area contributed by atoms with Crippen molar-refractivity contribution >= 4 is 28.5 Å². The summed E-state index contributed by atoms with van der Waals surface area (Å²) >= 11 is 0. The van der Waals surface area contributed by atoms with Crippen LogP contribution in [0, 0.1) is 20.8 Å². The number of hydrazine groups is 1. The van der Waals surface area contributed by atoms with Crippen molar-refractivity contribution in [3.63, 3.8) is 0 Å². The Kier molecular flexibility index (Phi) is 6.08. The Morgan fingerprint density at radius 3 is 2.45 bits per heavy atom. The van der Waals surface area contributed by atoms with Gasteiger partial charge in [-0.1, -0.05) is 48.0 Å². The maximum absolute atomic E-state index is 13.1. The minimum absolute atomic E-state index is 0.0249. The second-order valence-electron chi connectivity index (χ2n) is 8.00. The number of carbonyl (C=O) groups excluding carboxylic acids is 2. The second kappa shape index (κ2) is 9.12. The number of benzene rings is 2. The molecule has 8 heteroatoms. The first-order valence-corrected chi connectivity index (χ1v) is 10.6. The Hall–Kier alpha value is -4.20. The predicted molar refractivity (Wildman–Crippen MR) is 129 cm³/mol. The van der Waals surface area contributed by atoms with Crippen LogP contribution in [-0.2, 0) is 11.8 Å². The third-order valence-electron chi connectivity index (χ3n) is 5.42. The van der Waals surface area contributed by atoms with Gasteiger partial charge in [-0.25, -0.2) is 4.98 Å². The van der Waals surface area contributed by atoms with Gasteiger partial charge in [-0.2, -0.15) is 5.10 Å². The Balaban J connectivity index is 1.52. The lowest BCUT2D eigenvalue weighted by Gasteiger charge is -2.12. The SMILES string of the molecule is Cc1ccc(NCC(=O)NNC(=O)c2cc(-c3ccccc3)nc3c2c(C)nn3C)c(C)c1. The second-order valence-corrected chi connectivity index (χ2v) is 8.00. The van der Waals surface area contributed by atoms with E-state index in [9.17, 15) is 9.59 Å². The Bertz CT molecular complexity index is 1340. The molecule has 4 aromatic rings. The van der Waals surface area contributed by atoms with Gasteiger partial charge in [0.25, 0.3) is 11.8 Å². The molecule has 2 aromatic heterocycles. The molecule has 0 saturated heterocycles. The molecule has 2 amide bonds. The lowest BCUT2D eigenvalue weighted by Crippen LogP contribution is -2.44. The fourth-order valence-corrected chi connectivity index (χ4v) is 3.81. The van der Waals surface area contributed by atoms with Crippen LogP contribution in [-0.4, -0.2) is 33.1 Å². The molecule has 0 atom stereocenters. The highest BCUT2D eigenvalue weighted by atomic mass is 16.2. The molecule has 0 saturated carbocycles. The van der Waals surface area contributed by atoms with E-state index in [-0.39, 0.29) is 12.5 Å². The van der Waals surface area contributed by atoms with E-state index in [0.717, 1.165) is 22.4 Å². The molecule has 0 aliphatic carbocycles. The van der Waals surface area contributed by atoms with Crippen molar-refractivity contribution in [2.75, 3.05) is 11.9 Å².